The summed E-state index contributed by atoms with van der Waals surface area (Å²) in [6.07, 6.45) is 3.12. The van der Waals surface area contributed by atoms with Gasteiger partial charge in [-0.2, -0.15) is 0 Å². The van der Waals surface area contributed by atoms with Crippen molar-refractivity contribution in [2.24, 2.45) is 0 Å². The fourth-order valence-corrected chi connectivity index (χ4v) is 2.65. The van der Waals surface area contributed by atoms with Crippen molar-refractivity contribution in [1.29, 1.82) is 0 Å². The summed E-state index contributed by atoms with van der Waals surface area (Å²) in [4.78, 5) is 29.4. The van der Waals surface area contributed by atoms with Gasteiger partial charge in [0.05, 0.1) is 22.8 Å². The molecule has 0 saturated heterocycles. The number of benzene rings is 1. The maximum atomic E-state index is 12.1. The molecule has 2 heterocycles. The highest BCUT2D eigenvalue weighted by atomic mass is 79.9. The predicted molar refractivity (Wildman–Crippen MR) is 78.9 cm³/mol. The number of fused-ring (bicyclic) bond motifs is 1. The van der Waals surface area contributed by atoms with Crippen molar-refractivity contribution in [1.82, 2.24) is 4.98 Å². The average molecular weight is 352 g/mol. The molecule has 0 spiro atoms. The Bertz CT molecular complexity index is 733. The Morgan fingerprint density at radius 2 is 2.05 bits per heavy atom. The molecule has 4 nitrogen and oxygen atoms in total. The number of pyridine rings is 1. The zero-order valence-electron chi connectivity index (χ0n) is 10.1. The molecule has 0 bridgehead atoms. The number of carbonyl (C=O) groups excluding carboxylic acids is 2. The summed E-state index contributed by atoms with van der Waals surface area (Å²) < 4.78 is 0.810. The number of aromatic nitrogens is 1. The van der Waals surface area contributed by atoms with Crippen LogP contribution in [0.25, 0.3) is 0 Å². The minimum absolute atomic E-state index is 0.245. The number of Topliss-reactive ketones (excluding diaryl/α,β-unsaturated/α-hetero) is 1. The third kappa shape index (κ3) is 2.13. The van der Waals surface area contributed by atoms with Gasteiger partial charge in [-0.15, -0.1) is 0 Å². The highest BCUT2D eigenvalue weighted by molar-refractivity contribution is 9.10. The molecule has 1 aromatic carbocycles. The molecule has 0 aliphatic carbocycles. The molecule has 0 radical (unpaired) electrons. The SMILES string of the molecule is O=C1C(=O)N(Cc2ccncc2Cl)c2cc(Br)ccc21. The van der Waals surface area contributed by atoms with Gasteiger partial charge in [-0.25, -0.2) is 0 Å². The first-order valence-corrected chi connectivity index (χ1v) is 6.99. The zero-order valence-corrected chi connectivity index (χ0v) is 12.5. The van der Waals surface area contributed by atoms with Crippen LogP contribution in [0.2, 0.25) is 5.02 Å². The van der Waals surface area contributed by atoms with Crippen molar-refractivity contribution in [3.63, 3.8) is 0 Å². The van der Waals surface area contributed by atoms with E-state index in [1.807, 2.05) is 0 Å². The fraction of sp³-hybridized carbons (Fsp3) is 0.0714. The molecule has 3 rings (SSSR count). The normalized spacial score (nSPS) is 13.8. The molecule has 1 aromatic heterocycles. The topological polar surface area (TPSA) is 50.3 Å². The Labute approximate surface area is 128 Å². The van der Waals surface area contributed by atoms with Gasteiger partial charge in [0, 0.05) is 16.9 Å². The molecule has 1 aliphatic heterocycles. The first-order chi connectivity index (χ1) is 9.58. The van der Waals surface area contributed by atoms with Gasteiger partial charge in [0.15, 0.2) is 0 Å². The average Bonchev–Trinajstić information content (AvgIpc) is 2.66. The summed E-state index contributed by atoms with van der Waals surface area (Å²) in [7, 11) is 0. The number of amides is 1. The lowest BCUT2D eigenvalue weighted by molar-refractivity contribution is -0.114. The second-order valence-electron chi connectivity index (χ2n) is 4.35. The monoisotopic (exact) mass is 350 g/mol. The third-order valence-electron chi connectivity index (χ3n) is 3.12. The van der Waals surface area contributed by atoms with E-state index in [4.69, 9.17) is 11.6 Å². The van der Waals surface area contributed by atoms with Crippen LogP contribution < -0.4 is 4.90 Å². The van der Waals surface area contributed by atoms with E-state index in [9.17, 15) is 9.59 Å². The minimum atomic E-state index is -0.536. The standard InChI is InChI=1S/C14H8BrClN2O2/c15-9-1-2-10-12(5-9)18(14(20)13(10)19)7-8-3-4-17-6-11(8)16/h1-6H,7H2. The molecule has 100 valence electrons. The number of nitrogens with zero attached hydrogens (tertiary/aromatic N) is 2. The molecule has 0 fully saturated rings. The number of hydrogen-bond donors (Lipinski definition) is 0. The van der Waals surface area contributed by atoms with E-state index < -0.39 is 11.7 Å². The van der Waals surface area contributed by atoms with Crippen molar-refractivity contribution in [2.45, 2.75) is 6.54 Å². The van der Waals surface area contributed by atoms with Crippen LogP contribution in [-0.2, 0) is 11.3 Å². The number of carbonyl (C=O) groups is 2. The molecule has 20 heavy (non-hydrogen) atoms. The number of halogens is 2. The Morgan fingerprint density at radius 1 is 1.25 bits per heavy atom. The molecule has 1 aliphatic rings. The smallest absolute Gasteiger partial charge is 0.299 e. The summed E-state index contributed by atoms with van der Waals surface area (Å²) in [6, 6.07) is 6.88. The number of anilines is 1. The van der Waals surface area contributed by atoms with Gasteiger partial charge in [-0.1, -0.05) is 27.5 Å². The molecule has 0 atom stereocenters. The van der Waals surface area contributed by atoms with E-state index in [-0.39, 0.29) is 6.54 Å². The quantitative estimate of drug-likeness (QED) is 0.781. The molecule has 1 amide bonds. The lowest BCUT2D eigenvalue weighted by Gasteiger charge is -2.17. The van der Waals surface area contributed by atoms with Gasteiger partial charge in [0.25, 0.3) is 11.7 Å². The minimum Gasteiger partial charge on any atom is -0.300 e. The van der Waals surface area contributed by atoms with Gasteiger partial charge in [-0.05, 0) is 29.8 Å². The van der Waals surface area contributed by atoms with E-state index in [1.165, 1.54) is 11.1 Å². The van der Waals surface area contributed by atoms with E-state index in [0.717, 1.165) is 10.0 Å². The fourth-order valence-electron chi connectivity index (χ4n) is 2.13. The number of hydrogen-bond acceptors (Lipinski definition) is 3. The summed E-state index contributed by atoms with van der Waals surface area (Å²) in [5.41, 5.74) is 1.77. The largest absolute Gasteiger partial charge is 0.300 e. The van der Waals surface area contributed by atoms with E-state index in [2.05, 4.69) is 20.9 Å². The van der Waals surface area contributed by atoms with Crippen molar-refractivity contribution >= 4 is 44.9 Å². The van der Waals surface area contributed by atoms with Gasteiger partial charge in [-0.3, -0.25) is 14.6 Å². The predicted octanol–water partition coefficient (Wildman–Crippen LogP) is 3.23. The first-order valence-electron chi connectivity index (χ1n) is 5.82. The second-order valence-corrected chi connectivity index (χ2v) is 5.67. The van der Waals surface area contributed by atoms with Crippen LogP contribution in [0.5, 0.6) is 0 Å². The van der Waals surface area contributed by atoms with Gasteiger partial charge >= 0.3 is 0 Å². The summed E-state index contributed by atoms with van der Waals surface area (Å²) in [5, 5.41) is 0.469. The summed E-state index contributed by atoms with van der Waals surface area (Å²) in [5.74, 6) is -1.02. The lowest BCUT2D eigenvalue weighted by Crippen LogP contribution is -2.29. The van der Waals surface area contributed by atoms with Crippen molar-refractivity contribution in [3.8, 4) is 0 Å². The van der Waals surface area contributed by atoms with Crippen LogP contribution in [0.3, 0.4) is 0 Å². The van der Waals surface area contributed by atoms with Crippen LogP contribution in [0.4, 0.5) is 5.69 Å². The van der Waals surface area contributed by atoms with Crippen molar-refractivity contribution < 1.29 is 9.59 Å². The molecule has 2 aromatic rings. The lowest BCUT2D eigenvalue weighted by atomic mass is 10.1. The first kappa shape index (κ1) is 13.3. The number of ketones is 1. The van der Waals surface area contributed by atoms with Crippen LogP contribution in [0, 0.1) is 0 Å². The van der Waals surface area contributed by atoms with Crippen LogP contribution in [-0.4, -0.2) is 16.7 Å². The van der Waals surface area contributed by atoms with Crippen LogP contribution in [0.15, 0.2) is 41.1 Å². The number of rotatable bonds is 2. The van der Waals surface area contributed by atoms with Gasteiger partial charge in [0.2, 0.25) is 0 Å². The molecular weight excluding hydrogens is 344 g/mol. The van der Waals surface area contributed by atoms with Crippen molar-refractivity contribution in [2.75, 3.05) is 4.90 Å². The molecule has 0 unspecified atom stereocenters. The Hall–Kier alpha value is -1.72. The molecule has 6 heteroatoms. The van der Waals surface area contributed by atoms with Crippen LogP contribution in [0.1, 0.15) is 15.9 Å². The van der Waals surface area contributed by atoms with Crippen LogP contribution >= 0.6 is 27.5 Å². The van der Waals surface area contributed by atoms with Crippen molar-refractivity contribution in [3.05, 3.63) is 57.3 Å². The Morgan fingerprint density at radius 3 is 2.80 bits per heavy atom. The van der Waals surface area contributed by atoms with E-state index in [1.54, 1.807) is 30.5 Å². The third-order valence-corrected chi connectivity index (χ3v) is 3.95. The highest BCUT2D eigenvalue weighted by Gasteiger charge is 2.35. The maximum Gasteiger partial charge on any atom is 0.299 e. The Kier molecular flexibility index (Phi) is 3.31. The summed E-state index contributed by atoms with van der Waals surface area (Å²) in [6.45, 7) is 0.245. The Balaban J connectivity index is 2.03. The highest BCUT2D eigenvalue weighted by Crippen LogP contribution is 2.33. The molecule has 0 N–H and O–H groups in total. The molecule has 0 saturated carbocycles. The van der Waals surface area contributed by atoms with E-state index in [0.29, 0.717) is 16.3 Å². The molecular formula is C14H8BrClN2O2. The van der Waals surface area contributed by atoms with E-state index >= 15 is 0 Å². The van der Waals surface area contributed by atoms with Gasteiger partial charge < -0.3 is 4.90 Å². The maximum absolute atomic E-state index is 12.1. The zero-order chi connectivity index (χ0) is 14.3. The summed E-state index contributed by atoms with van der Waals surface area (Å²) >= 11 is 9.40. The second kappa shape index (κ2) is 5.00. The van der Waals surface area contributed by atoms with Gasteiger partial charge in [0.1, 0.15) is 0 Å².